The lowest BCUT2D eigenvalue weighted by molar-refractivity contribution is 0.577. The van der Waals surface area contributed by atoms with Crippen LogP contribution in [0, 0.1) is 0 Å². The maximum atomic E-state index is 11.5. The Morgan fingerprint density at radius 1 is 1.39 bits per heavy atom. The first-order chi connectivity index (χ1) is 8.69. The molecule has 2 aromatic rings. The highest BCUT2D eigenvalue weighted by Crippen LogP contribution is 2.13. The van der Waals surface area contributed by atoms with Crippen LogP contribution in [-0.4, -0.2) is 14.8 Å². The first kappa shape index (κ1) is 12.7. The second-order valence-electron chi connectivity index (χ2n) is 3.96. The second-order valence-corrected chi connectivity index (χ2v) is 4.40. The van der Waals surface area contributed by atoms with Crippen molar-refractivity contribution in [3.05, 3.63) is 45.6 Å². The summed E-state index contributed by atoms with van der Waals surface area (Å²) in [5.74, 6) is 0.628. The summed E-state index contributed by atoms with van der Waals surface area (Å²) in [6.45, 7) is 3.12. The van der Waals surface area contributed by atoms with Crippen molar-refractivity contribution in [2.75, 3.05) is 5.32 Å². The topological polar surface area (TPSA) is 62.7 Å². The van der Waals surface area contributed by atoms with Crippen molar-refractivity contribution < 1.29 is 0 Å². The smallest absolute Gasteiger partial charge is 0.343 e. The number of hydrogen-bond acceptors (Lipinski definition) is 3. The lowest BCUT2D eigenvalue weighted by Gasteiger charge is -2.03. The normalized spacial score (nSPS) is 10.6. The van der Waals surface area contributed by atoms with E-state index in [2.05, 4.69) is 15.4 Å². The van der Waals surface area contributed by atoms with E-state index in [1.165, 1.54) is 4.68 Å². The van der Waals surface area contributed by atoms with Gasteiger partial charge in [-0.05, 0) is 30.7 Å². The third kappa shape index (κ3) is 3.13. The molecule has 1 heterocycles. The zero-order valence-electron chi connectivity index (χ0n) is 10.1. The molecule has 96 valence electrons. The number of halogens is 1. The Morgan fingerprint density at radius 2 is 2.11 bits per heavy atom. The van der Waals surface area contributed by atoms with Gasteiger partial charge < -0.3 is 5.32 Å². The minimum absolute atomic E-state index is 0.162. The highest BCUT2D eigenvalue weighted by molar-refractivity contribution is 6.30. The average Bonchev–Trinajstić information content (AvgIpc) is 2.70. The summed E-state index contributed by atoms with van der Waals surface area (Å²) in [5.41, 5.74) is 0.773. The van der Waals surface area contributed by atoms with Gasteiger partial charge in [-0.1, -0.05) is 18.5 Å². The van der Waals surface area contributed by atoms with Gasteiger partial charge in [0.15, 0.2) is 0 Å². The number of aromatic amines is 1. The van der Waals surface area contributed by atoms with Crippen LogP contribution in [0.3, 0.4) is 0 Å². The number of hydrogen-bond donors (Lipinski definition) is 2. The lowest BCUT2D eigenvalue weighted by Crippen LogP contribution is -2.17. The Bertz CT molecular complexity index is 558. The Morgan fingerprint density at radius 3 is 2.78 bits per heavy atom. The van der Waals surface area contributed by atoms with Gasteiger partial charge in [-0.25, -0.2) is 9.48 Å². The highest BCUT2D eigenvalue weighted by Gasteiger charge is 2.03. The number of rotatable bonds is 5. The molecular formula is C12H15ClN4O. The van der Waals surface area contributed by atoms with E-state index in [1.54, 1.807) is 0 Å². The van der Waals surface area contributed by atoms with Gasteiger partial charge in [0.1, 0.15) is 5.82 Å². The fraction of sp³-hybridized carbons (Fsp3) is 0.333. The summed E-state index contributed by atoms with van der Waals surface area (Å²) in [6.07, 6.45) is 0.884. The zero-order valence-corrected chi connectivity index (χ0v) is 10.9. The molecule has 0 fully saturated rings. The van der Waals surface area contributed by atoms with Gasteiger partial charge in [0.05, 0.1) is 6.54 Å². The summed E-state index contributed by atoms with van der Waals surface area (Å²) in [7, 11) is 0. The molecule has 0 unspecified atom stereocenters. The Balaban J connectivity index is 1.99. The molecule has 0 aliphatic rings. The first-order valence-corrected chi connectivity index (χ1v) is 6.22. The molecule has 0 amide bonds. The molecule has 0 atom stereocenters. The monoisotopic (exact) mass is 266 g/mol. The number of anilines is 1. The molecule has 0 radical (unpaired) electrons. The summed E-state index contributed by atoms with van der Waals surface area (Å²) in [5, 5.41) is 8.05. The van der Waals surface area contributed by atoms with Crippen LogP contribution in [0.2, 0.25) is 5.02 Å². The standard InChI is InChI=1S/C12H15ClN4O/c1-2-7-17-12(18)15-11(16-17)8-14-10-5-3-9(13)4-6-10/h3-6,14H,2,7-8H2,1H3,(H,15,16,18). The van der Waals surface area contributed by atoms with Crippen LogP contribution in [0.4, 0.5) is 5.69 Å². The molecule has 0 saturated heterocycles. The highest BCUT2D eigenvalue weighted by atomic mass is 35.5. The third-order valence-electron chi connectivity index (χ3n) is 2.47. The molecule has 2 rings (SSSR count). The minimum Gasteiger partial charge on any atom is -0.378 e. The largest absolute Gasteiger partial charge is 0.378 e. The number of aromatic nitrogens is 3. The van der Waals surface area contributed by atoms with Crippen molar-refractivity contribution in [2.45, 2.75) is 26.4 Å². The minimum atomic E-state index is -0.162. The molecule has 0 bridgehead atoms. The molecule has 5 nitrogen and oxygen atoms in total. The number of H-pyrrole nitrogens is 1. The van der Waals surface area contributed by atoms with Crippen molar-refractivity contribution in [3.8, 4) is 0 Å². The fourth-order valence-corrected chi connectivity index (χ4v) is 1.73. The molecule has 0 saturated carbocycles. The Kier molecular flexibility index (Phi) is 4.04. The van der Waals surface area contributed by atoms with Gasteiger partial charge in [0, 0.05) is 17.3 Å². The fourth-order valence-electron chi connectivity index (χ4n) is 1.60. The number of nitrogens with zero attached hydrogens (tertiary/aromatic N) is 2. The van der Waals surface area contributed by atoms with Gasteiger partial charge in [0.25, 0.3) is 0 Å². The zero-order chi connectivity index (χ0) is 13.0. The predicted molar refractivity (Wildman–Crippen MR) is 71.9 cm³/mol. The van der Waals surface area contributed by atoms with Crippen LogP contribution < -0.4 is 11.0 Å². The third-order valence-corrected chi connectivity index (χ3v) is 2.72. The molecule has 0 aliphatic heterocycles. The summed E-state index contributed by atoms with van der Waals surface area (Å²) < 4.78 is 1.44. The maximum absolute atomic E-state index is 11.5. The summed E-state index contributed by atoms with van der Waals surface area (Å²) in [6, 6.07) is 7.37. The maximum Gasteiger partial charge on any atom is 0.343 e. The van der Waals surface area contributed by atoms with Crippen molar-refractivity contribution in [3.63, 3.8) is 0 Å². The van der Waals surface area contributed by atoms with Crippen LogP contribution in [0.1, 0.15) is 19.2 Å². The second kappa shape index (κ2) is 5.73. The van der Waals surface area contributed by atoms with Gasteiger partial charge in [0.2, 0.25) is 0 Å². The van der Waals surface area contributed by atoms with E-state index in [4.69, 9.17) is 11.6 Å². The van der Waals surface area contributed by atoms with Crippen molar-refractivity contribution in [1.29, 1.82) is 0 Å². The van der Waals surface area contributed by atoms with E-state index in [9.17, 15) is 4.79 Å². The van der Waals surface area contributed by atoms with Crippen molar-refractivity contribution in [1.82, 2.24) is 14.8 Å². The number of nitrogens with one attached hydrogen (secondary N) is 2. The SMILES string of the molecule is CCCn1nc(CNc2ccc(Cl)cc2)[nH]c1=O. The Labute approximate surface area is 110 Å². The van der Waals surface area contributed by atoms with E-state index < -0.39 is 0 Å². The Hall–Kier alpha value is -1.75. The quantitative estimate of drug-likeness (QED) is 0.872. The first-order valence-electron chi connectivity index (χ1n) is 5.84. The van der Waals surface area contributed by atoms with Crippen LogP contribution in [0.25, 0.3) is 0 Å². The van der Waals surface area contributed by atoms with E-state index in [0.717, 1.165) is 12.1 Å². The summed E-state index contributed by atoms with van der Waals surface area (Å²) >= 11 is 5.80. The molecule has 1 aromatic carbocycles. The molecule has 1 aromatic heterocycles. The molecule has 2 N–H and O–H groups in total. The van der Waals surface area contributed by atoms with Crippen LogP contribution in [-0.2, 0) is 13.1 Å². The average molecular weight is 267 g/mol. The van der Waals surface area contributed by atoms with E-state index in [1.807, 2.05) is 31.2 Å². The molecular weight excluding hydrogens is 252 g/mol. The van der Waals surface area contributed by atoms with Gasteiger partial charge in [-0.2, -0.15) is 5.10 Å². The molecule has 0 aliphatic carbocycles. The number of benzene rings is 1. The van der Waals surface area contributed by atoms with Crippen LogP contribution >= 0.6 is 11.6 Å². The summed E-state index contributed by atoms with van der Waals surface area (Å²) in [4.78, 5) is 14.2. The molecule has 0 spiro atoms. The predicted octanol–water partition coefficient (Wildman–Crippen LogP) is 2.25. The number of aryl methyl sites for hydroxylation is 1. The van der Waals surface area contributed by atoms with E-state index >= 15 is 0 Å². The van der Waals surface area contributed by atoms with Crippen molar-refractivity contribution >= 4 is 17.3 Å². The van der Waals surface area contributed by atoms with Crippen molar-refractivity contribution in [2.24, 2.45) is 0 Å². The lowest BCUT2D eigenvalue weighted by atomic mass is 10.3. The van der Waals surface area contributed by atoms with E-state index in [0.29, 0.717) is 23.9 Å². The van der Waals surface area contributed by atoms with Gasteiger partial charge in [-0.3, -0.25) is 4.98 Å². The molecule has 6 heteroatoms. The van der Waals surface area contributed by atoms with Crippen LogP contribution in [0.15, 0.2) is 29.1 Å². The van der Waals surface area contributed by atoms with E-state index in [-0.39, 0.29) is 5.69 Å². The van der Waals surface area contributed by atoms with Gasteiger partial charge in [-0.15, -0.1) is 0 Å². The van der Waals surface area contributed by atoms with Gasteiger partial charge >= 0.3 is 5.69 Å². The van der Waals surface area contributed by atoms with Crippen LogP contribution in [0.5, 0.6) is 0 Å². The molecule has 18 heavy (non-hydrogen) atoms.